The number of rotatable bonds is 6. The SMILES string of the molecule is COc1cc(NC(=O)c2ccc(CO)c(N)c2)cc(OC)c1OC. The van der Waals surface area contributed by atoms with Crippen molar-refractivity contribution >= 4 is 17.3 Å². The lowest BCUT2D eigenvalue weighted by Crippen LogP contribution is -2.13. The van der Waals surface area contributed by atoms with Gasteiger partial charge in [-0.1, -0.05) is 6.07 Å². The number of carbonyl (C=O) groups excluding carboxylic acids is 1. The third-order valence-corrected chi connectivity index (χ3v) is 3.50. The summed E-state index contributed by atoms with van der Waals surface area (Å²) in [6.45, 7) is -0.180. The maximum Gasteiger partial charge on any atom is 0.255 e. The van der Waals surface area contributed by atoms with Crippen LogP contribution >= 0.6 is 0 Å². The van der Waals surface area contributed by atoms with E-state index in [0.717, 1.165) is 0 Å². The second kappa shape index (κ2) is 7.56. The number of hydrogen-bond donors (Lipinski definition) is 3. The fourth-order valence-electron chi connectivity index (χ4n) is 2.24. The van der Waals surface area contributed by atoms with Gasteiger partial charge < -0.3 is 30.4 Å². The van der Waals surface area contributed by atoms with Gasteiger partial charge in [-0.25, -0.2) is 0 Å². The van der Waals surface area contributed by atoms with Gasteiger partial charge in [0.2, 0.25) is 5.75 Å². The Balaban J connectivity index is 2.30. The second-order valence-electron chi connectivity index (χ2n) is 4.94. The van der Waals surface area contributed by atoms with E-state index < -0.39 is 0 Å². The maximum atomic E-state index is 12.4. The van der Waals surface area contributed by atoms with Gasteiger partial charge >= 0.3 is 0 Å². The van der Waals surface area contributed by atoms with E-state index in [-0.39, 0.29) is 12.5 Å². The van der Waals surface area contributed by atoms with Gasteiger partial charge in [0.25, 0.3) is 5.91 Å². The zero-order chi connectivity index (χ0) is 17.7. The average molecular weight is 332 g/mol. The van der Waals surface area contributed by atoms with Crippen LogP contribution in [0, 0.1) is 0 Å². The minimum Gasteiger partial charge on any atom is -0.493 e. The summed E-state index contributed by atoms with van der Waals surface area (Å²) in [6, 6.07) is 7.98. The molecule has 2 aromatic carbocycles. The van der Waals surface area contributed by atoms with Crippen LogP contribution in [0.2, 0.25) is 0 Å². The molecule has 0 spiro atoms. The van der Waals surface area contributed by atoms with Crippen molar-refractivity contribution in [3.8, 4) is 17.2 Å². The van der Waals surface area contributed by atoms with Crippen molar-refractivity contribution in [2.45, 2.75) is 6.61 Å². The van der Waals surface area contributed by atoms with Crippen LogP contribution in [0.3, 0.4) is 0 Å². The van der Waals surface area contributed by atoms with Gasteiger partial charge in [0.05, 0.1) is 27.9 Å². The molecule has 0 saturated carbocycles. The summed E-state index contributed by atoms with van der Waals surface area (Å²) in [6.07, 6.45) is 0. The van der Waals surface area contributed by atoms with Crippen molar-refractivity contribution in [2.75, 3.05) is 32.4 Å². The van der Waals surface area contributed by atoms with Crippen LogP contribution in [0.25, 0.3) is 0 Å². The Morgan fingerprint density at radius 3 is 2.17 bits per heavy atom. The summed E-state index contributed by atoms with van der Waals surface area (Å²) in [5.74, 6) is 0.958. The van der Waals surface area contributed by atoms with Crippen molar-refractivity contribution in [1.29, 1.82) is 0 Å². The highest BCUT2D eigenvalue weighted by Crippen LogP contribution is 2.40. The molecule has 1 amide bonds. The minimum absolute atomic E-state index is 0.180. The van der Waals surface area contributed by atoms with Crippen LogP contribution < -0.4 is 25.3 Å². The molecule has 2 rings (SSSR count). The molecule has 0 fully saturated rings. The summed E-state index contributed by atoms with van der Waals surface area (Å²) in [5.41, 5.74) is 7.58. The van der Waals surface area contributed by atoms with Gasteiger partial charge in [-0.05, 0) is 12.1 Å². The lowest BCUT2D eigenvalue weighted by molar-refractivity contribution is 0.102. The number of nitrogen functional groups attached to an aromatic ring is 1. The molecular weight excluding hydrogens is 312 g/mol. The van der Waals surface area contributed by atoms with Gasteiger partial charge in [0.1, 0.15) is 0 Å². The molecule has 2 aromatic rings. The van der Waals surface area contributed by atoms with E-state index in [1.54, 1.807) is 24.3 Å². The third-order valence-electron chi connectivity index (χ3n) is 3.50. The number of aliphatic hydroxyl groups excluding tert-OH is 1. The zero-order valence-electron chi connectivity index (χ0n) is 13.8. The van der Waals surface area contributed by atoms with E-state index >= 15 is 0 Å². The molecule has 0 radical (unpaired) electrons. The number of benzene rings is 2. The van der Waals surface area contributed by atoms with Crippen LogP contribution in [0.15, 0.2) is 30.3 Å². The van der Waals surface area contributed by atoms with E-state index in [2.05, 4.69) is 5.32 Å². The van der Waals surface area contributed by atoms with E-state index in [1.165, 1.54) is 27.4 Å². The topological polar surface area (TPSA) is 103 Å². The predicted octanol–water partition coefficient (Wildman–Crippen LogP) is 2.04. The largest absolute Gasteiger partial charge is 0.493 e. The highest BCUT2D eigenvalue weighted by atomic mass is 16.5. The predicted molar refractivity (Wildman–Crippen MR) is 90.8 cm³/mol. The number of nitrogens with two attached hydrogens (primary N) is 1. The van der Waals surface area contributed by atoms with E-state index in [1.807, 2.05) is 0 Å². The number of nitrogens with one attached hydrogen (secondary N) is 1. The van der Waals surface area contributed by atoms with Crippen LogP contribution in [0.1, 0.15) is 15.9 Å². The molecule has 24 heavy (non-hydrogen) atoms. The van der Waals surface area contributed by atoms with Crippen molar-refractivity contribution in [3.05, 3.63) is 41.5 Å². The number of aliphatic hydroxyl groups is 1. The molecule has 4 N–H and O–H groups in total. The minimum atomic E-state index is -0.347. The summed E-state index contributed by atoms with van der Waals surface area (Å²) in [7, 11) is 4.50. The van der Waals surface area contributed by atoms with Crippen molar-refractivity contribution < 1.29 is 24.1 Å². The first-order chi connectivity index (χ1) is 11.5. The van der Waals surface area contributed by atoms with Crippen molar-refractivity contribution in [3.63, 3.8) is 0 Å². The molecule has 7 heteroatoms. The molecule has 0 aliphatic rings. The fourth-order valence-corrected chi connectivity index (χ4v) is 2.24. The summed E-state index contributed by atoms with van der Waals surface area (Å²) >= 11 is 0. The molecular formula is C17H20N2O5. The number of hydrogen-bond acceptors (Lipinski definition) is 6. The lowest BCUT2D eigenvalue weighted by Gasteiger charge is -2.15. The molecule has 0 aliphatic carbocycles. The highest BCUT2D eigenvalue weighted by molar-refractivity contribution is 6.05. The van der Waals surface area contributed by atoms with Gasteiger partial charge in [-0.3, -0.25) is 4.79 Å². The van der Waals surface area contributed by atoms with Gasteiger partial charge in [-0.2, -0.15) is 0 Å². The fraction of sp³-hybridized carbons (Fsp3) is 0.235. The van der Waals surface area contributed by atoms with Crippen LogP contribution in [0.4, 0.5) is 11.4 Å². The third kappa shape index (κ3) is 3.52. The summed E-state index contributed by atoms with van der Waals surface area (Å²) < 4.78 is 15.7. The van der Waals surface area contributed by atoms with Crippen LogP contribution in [0.5, 0.6) is 17.2 Å². The first-order valence-corrected chi connectivity index (χ1v) is 7.14. The first-order valence-electron chi connectivity index (χ1n) is 7.14. The maximum absolute atomic E-state index is 12.4. The Morgan fingerprint density at radius 1 is 1.08 bits per heavy atom. The number of amides is 1. The molecule has 0 heterocycles. The highest BCUT2D eigenvalue weighted by Gasteiger charge is 2.15. The van der Waals surface area contributed by atoms with Gasteiger partial charge in [-0.15, -0.1) is 0 Å². The first kappa shape index (κ1) is 17.4. The molecule has 0 aromatic heterocycles. The van der Waals surface area contributed by atoms with E-state index in [4.69, 9.17) is 25.1 Å². The van der Waals surface area contributed by atoms with E-state index in [9.17, 15) is 4.79 Å². The monoisotopic (exact) mass is 332 g/mol. The molecule has 0 saturated heterocycles. The molecule has 0 aliphatic heterocycles. The van der Waals surface area contributed by atoms with Crippen LogP contribution in [-0.4, -0.2) is 32.3 Å². The molecule has 0 bridgehead atoms. The second-order valence-corrected chi connectivity index (χ2v) is 4.94. The molecule has 0 atom stereocenters. The molecule has 128 valence electrons. The summed E-state index contributed by atoms with van der Waals surface area (Å²) in [5, 5.41) is 11.9. The van der Waals surface area contributed by atoms with Crippen molar-refractivity contribution in [2.24, 2.45) is 0 Å². The standard InChI is InChI=1S/C17H20N2O5/c1-22-14-7-12(8-15(23-2)16(14)24-3)19-17(21)10-4-5-11(9-20)13(18)6-10/h4-8,20H,9,18H2,1-3H3,(H,19,21). The zero-order valence-corrected chi connectivity index (χ0v) is 13.8. The number of anilines is 2. The molecule has 0 unspecified atom stereocenters. The Kier molecular flexibility index (Phi) is 5.49. The number of carbonyl (C=O) groups is 1. The molecule has 7 nitrogen and oxygen atoms in total. The Hall–Kier alpha value is -2.93. The Labute approximate surface area is 139 Å². The quantitative estimate of drug-likeness (QED) is 0.700. The Bertz CT molecular complexity index is 721. The van der Waals surface area contributed by atoms with Gasteiger partial charge in [0.15, 0.2) is 11.5 Å². The van der Waals surface area contributed by atoms with Crippen LogP contribution in [-0.2, 0) is 6.61 Å². The average Bonchev–Trinajstić information content (AvgIpc) is 2.60. The van der Waals surface area contributed by atoms with Gasteiger partial charge in [0, 0.05) is 34.6 Å². The number of ether oxygens (including phenoxy) is 3. The summed E-state index contributed by atoms with van der Waals surface area (Å²) in [4.78, 5) is 12.4. The normalized spacial score (nSPS) is 10.2. The number of methoxy groups -OCH3 is 3. The van der Waals surface area contributed by atoms with E-state index in [0.29, 0.717) is 39.8 Å². The Morgan fingerprint density at radius 2 is 1.71 bits per heavy atom. The smallest absolute Gasteiger partial charge is 0.255 e. The van der Waals surface area contributed by atoms with Crippen molar-refractivity contribution in [1.82, 2.24) is 0 Å². The lowest BCUT2D eigenvalue weighted by atomic mass is 10.1.